The SMILES string of the molecule is COC(=O)C[C@@H](NC(=O)CCC(=O)c1ccc(CC(C)C)cc1)C(=O)OC. The zero-order valence-electron chi connectivity index (χ0n) is 16.2. The van der Waals surface area contributed by atoms with Gasteiger partial charge in [0.1, 0.15) is 6.04 Å². The molecule has 0 aliphatic carbocycles. The molecule has 0 saturated carbocycles. The van der Waals surface area contributed by atoms with Crippen molar-refractivity contribution in [3.05, 3.63) is 35.4 Å². The summed E-state index contributed by atoms with van der Waals surface area (Å²) in [6.07, 6.45) is 0.509. The number of amides is 1. The van der Waals surface area contributed by atoms with Gasteiger partial charge in [0.25, 0.3) is 0 Å². The highest BCUT2D eigenvalue weighted by atomic mass is 16.5. The van der Waals surface area contributed by atoms with Gasteiger partial charge in [-0.25, -0.2) is 4.79 Å². The van der Waals surface area contributed by atoms with Crippen LogP contribution in [0.2, 0.25) is 0 Å². The van der Waals surface area contributed by atoms with E-state index in [4.69, 9.17) is 0 Å². The maximum Gasteiger partial charge on any atom is 0.328 e. The Balaban J connectivity index is 2.57. The fourth-order valence-corrected chi connectivity index (χ4v) is 2.52. The van der Waals surface area contributed by atoms with Gasteiger partial charge in [-0.2, -0.15) is 0 Å². The summed E-state index contributed by atoms with van der Waals surface area (Å²) >= 11 is 0. The first-order chi connectivity index (χ1) is 12.8. The van der Waals surface area contributed by atoms with Crippen molar-refractivity contribution >= 4 is 23.6 Å². The molecule has 7 nitrogen and oxygen atoms in total. The Morgan fingerprint density at radius 3 is 2.11 bits per heavy atom. The molecule has 148 valence electrons. The molecular weight excluding hydrogens is 350 g/mol. The molecule has 0 fully saturated rings. The van der Waals surface area contributed by atoms with Crippen molar-refractivity contribution in [2.24, 2.45) is 5.92 Å². The third-order valence-corrected chi connectivity index (χ3v) is 3.92. The number of esters is 2. The maximum absolute atomic E-state index is 12.2. The van der Waals surface area contributed by atoms with Crippen LogP contribution in [-0.4, -0.2) is 43.9 Å². The van der Waals surface area contributed by atoms with Crippen LogP contribution in [0.3, 0.4) is 0 Å². The lowest BCUT2D eigenvalue weighted by atomic mass is 9.99. The lowest BCUT2D eigenvalue weighted by Crippen LogP contribution is -2.43. The van der Waals surface area contributed by atoms with E-state index >= 15 is 0 Å². The minimum atomic E-state index is -1.14. The highest BCUT2D eigenvalue weighted by Gasteiger charge is 2.25. The Labute approximate surface area is 159 Å². The Bertz CT molecular complexity index is 666. The van der Waals surface area contributed by atoms with Gasteiger partial charge < -0.3 is 14.8 Å². The van der Waals surface area contributed by atoms with E-state index in [1.807, 2.05) is 12.1 Å². The van der Waals surface area contributed by atoms with Crippen molar-refractivity contribution in [1.29, 1.82) is 0 Å². The Morgan fingerprint density at radius 1 is 0.963 bits per heavy atom. The van der Waals surface area contributed by atoms with E-state index in [1.165, 1.54) is 7.11 Å². The molecule has 0 bridgehead atoms. The number of hydrogen-bond acceptors (Lipinski definition) is 6. The molecule has 1 aromatic rings. The summed E-state index contributed by atoms with van der Waals surface area (Å²) < 4.78 is 9.06. The summed E-state index contributed by atoms with van der Waals surface area (Å²) in [5.41, 5.74) is 1.69. The van der Waals surface area contributed by atoms with Gasteiger partial charge in [0.15, 0.2) is 5.78 Å². The standard InChI is InChI=1S/C20H27NO6/c1-13(2)11-14-5-7-15(8-6-14)17(22)9-10-18(23)21-16(20(25)27-4)12-19(24)26-3/h5-8,13,16H,9-12H2,1-4H3,(H,21,23)/t16-/m1/s1. The molecule has 0 radical (unpaired) electrons. The predicted molar refractivity (Wildman–Crippen MR) is 99.1 cm³/mol. The number of hydrogen-bond donors (Lipinski definition) is 1. The number of carbonyl (C=O) groups excluding carboxylic acids is 4. The smallest absolute Gasteiger partial charge is 0.328 e. The predicted octanol–water partition coefficient (Wildman–Crippen LogP) is 2.07. The number of nitrogens with one attached hydrogen (secondary N) is 1. The fourth-order valence-electron chi connectivity index (χ4n) is 2.52. The zero-order chi connectivity index (χ0) is 20.4. The van der Waals surface area contributed by atoms with Gasteiger partial charge in [-0.05, 0) is 17.9 Å². The van der Waals surface area contributed by atoms with Gasteiger partial charge in [0, 0.05) is 18.4 Å². The van der Waals surface area contributed by atoms with Gasteiger partial charge in [0.05, 0.1) is 20.6 Å². The number of ether oxygens (including phenoxy) is 2. The third kappa shape index (κ3) is 8.02. The monoisotopic (exact) mass is 377 g/mol. The Kier molecular flexibility index (Phi) is 9.19. The van der Waals surface area contributed by atoms with Crippen LogP contribution in [0.25, 0.3) is 0 Å². The number of rotatable bonds is 10. The number of Topliss-reactive ketones (excluding diaryl/α,β-unsaturated/α-hetero) is 1. The molecule has 0 aromatic heterocycles. The molecule has 1 rings (SSSR count). The molecule has 0 heterocycles. The normalized spacial score (nSPS) is 11.6. The van der Waals surface area contributed by atoms with Gasteiger partial charge >= 0.3 is 11.9 Å². The molecule has 0 aliphatic heterocycles. The van der Waals surface area contributed by atoms with Gasteiger partial charge in [0.2, 0.25) is 5.91 Å². The van der Waals surface area contributed by atoms with E-state index in [9.17, 15) is 19.2 Å². The first-order valence-electron chi connectivity index (χ1n) is 8.83. The topological polar surface area (TPSA) is 98.8 Å². The van der Waals surface area contributed by atoms with Gasteiger partial charge in [-0.3, -0.25) is 14.4 Å². The van der Waals surface area contributed by atoms with Crippen molar-refractivity contribution in [3.8, 4) is 0 Å². The third-order valence-electron chi connectivity index (χ3n) is 3.92. The van der Waals surface area contributed by atoms with Crippen molar-refractivity contribution in [2.45, 2.75) is 45.6 Å². The van der Waals surface area contributed by atoms with E-state index < -0.39 is 23.9 Å². The van der Waals surface area contributed by atoms with Crippen molar-refractivity contribution in [2.75, 3.05) is 14.2 Å². The summed E-state index contributed by atoms with van der Waals surface area (Å²) in [6.45, 7) is 4.25. The number of carbonyl (C=O) groups is 4. The van der Waals surface area contributed by atoms with E-state index in [0.29, 0.717) is 11.5 Å². The second-order valence-electron chi connectivity index (χ2n) is 6.64. The highest BCUT2D eigenvalue weighted by molar-refractivity contribution is 5.98. The molecule has 1 amide bonds. The molecule has 1 atom stereocenters. The van der Waals surface area contributed by atoms with Crippen LogP contribution < -0.4 is 5.32 Å². The van der Waals surface area contributed by atoms with Crippen molar-refractivity contribution in [3.63, 3.8) is 0 Å². The summed E-state index contributed by atoms with van der Waals surface area (Å²) in [6, 6.07) is 6.20. The minimum Gasteiger partial charge on any atom is -0.469 e. The molecule has 0 spiro atoms. The molecule has 0 saturated heterocycles. The number of benzene rings is 1. The van der Waals surface area contributed by atoms with E-state index in [2.05, 4.69) is 28.6 Å². The number of methoxy groups -OCH3 is 2. The van der Waals surface area contributed by atoms with Crippen LogP contribution in [0, 0.1) is 5.92 Å². The molecular formula is C20H27NO6. The van der Waals surface area contributed by atoms with Crippen LogP contribution in [-0.2, 0) is 30.3 Å². The van der Waals surface area contributed by atoms with Crippen LogP contribution in [0.5, 0.6) is 0 Å². The Morgan fingerprint density at radius 2 is 1.59 bits per heavy atom. The van der Waals surface area contributed by atoms with Crippen molar-refractivity contribution in [1.82, 2.24) is 5.32 Å². The maximum atomic E-state index is 12.2. The Hall–Kier alpha value is -2.70. The molecule has 7 heteroatoms. The lowest BCUT2D eigenvalue weighted by Gasteiger charge is -2.15. The van der Waals surface area contributed by atoms with Crippen LogP contribution in [0.1, 0.15) is 49.0 Å². The van der Waals surface area contributed by atoms with E-state index in [-0.39, 0.29) is 25.0 Å². The highest BCUT2D eigenvalue weighted by Crippen LogP contribution is 2.12. The van der Waals surface area contributed by atoms with Gasteiger partial charge in [-0.15, -0.1) is 0 Å². The molecule has 0 aliphatic rings. The quantitative estimate of drug-likeness (QED) is 0.495. The first kappa shape index (κ1) is 22.3. The average molecular weight is 377 g/mol. The summed E-state index contributed by atoms with van der Waals surface area (Å²) in [5.74, 6) is -1.55. The fraction of sp³-hybridized carbons (Fsp3) is 0.500. The summed E-state index contributed by atoms with van der Waals surface area (Å²) in [4.78, 5) is 47.3. The second kappa shape index (κ2) is 11.1. The van der Waals surface area contributed by atoms with E-state index in [0.717, 1.165) is 19.1 Å². The van der Waals surface area contributed by atoms with Crippen LogP contribution in [0.15, 0.2) is 24.3 Å². The number of ketones is 1. The van der Waals surface area contributed by atoms with Crippen LogP contribution >= 0.6 is 0 Å². The molecule has 0 unspecified atom stereocenters. The minimum absolute atomic E-state index is 0.00147. The van der Waals surface area contributed by atoms with Gasteiger partial charge in [-0.1, -0.05) is 38.1 Å². The summed E-state index contributed by atoms with van der Waals surface area (Å²) in [5, 5.41) is 2.40. The van der Waals surface area contributed by atoms with Crippen molar-refractivity contribution < 1.29 is 28.7 Å². The lowest BCUT2D eigenvalue weighted by molar-refractivity contribution is -0.150. The van der Waals surface area contributed by atoms with Crippen LogP contribution in [0.4, 0.5) is 0 Å². The van der Waals surface area contributed by atoms with E-state index in [1.54, 1.807) is 12.1 Å². The average Bonchev–Trinajstić information content (AvgIpc) is 2.64. The second-order valence-corrected chi connectivity index (χ2v) is 6.64. The molecule has 1 N–H and O–H groups in total. The zero-order valence-corrected chi connectivity index (χ0v) is 16.2. The molecule has 1 aromatic carbocycles. The largest absolute Gasteiger partial charge is 0.469 e. The summed E-state index contributed by atoms with van der Waals surface area (Å²) in [7, 11) is 2.34. The first-order valence-corrected chi connectivity index (χ1v) is 8.83. The molecule has 27 heavy (non-hydrogen) atoms.